The van der Waals surface area contributed by atoms with Gasteiger partial charge in [0, 0.05) is 18.7 Å². The van der Waals surface area contributed by atoms with E-state index in [4.69, 9.17) is 0 Å². The highest BCUT2D eigenvalue weighted by Crippen LogP contribution is 2.25. The predicted octanol–water partition coefficient (Wildman–Crippen LogP) is 2.47. The van der Waals surface area contributed by atoms with Crippen molar-refractivity contribution < 1.29 is 13.2 Å². The lowest BCUT2D eigenvalue weighted by Gasteiger charge is -2.15. The van der Waals surface area contributed by atoms with Crippen LogP contribution in [0.2, 0.25) is 0 Å². The number of nitrogens with zero attached hydrogens (tertiary/aromatic N) is 2. The van der Waals surface area contributed by atoms with E-state index in [0.717, 1.165) is 5.69 Å². The largest absolute Gasteiger partial charge is 0.389 e. The van der Waals surface area contributed by atoms with Crippen molar-refractivity contribution in [3.8, 4) is 0 Å². The molecular formula is C10H14F3N3. The van der Waals surface area contributed by atoms with E-state index in [1.807, 2.05) is 0 Å². The Balaban J connectivity index is 2.45. The van der Waals surface area contributed by atoms with Crippen molar-refractivity contribution >= 4 is 0 Å². The van der Waals surface area contributed by atoms with E-state index in [9.17, 15) is 13.2 Å². The van der Waals surface area contributed by atoms with Crippen LogP contribution in [0.5, 0.6) is 0 Å². The van der Waals surface area contributed by atoms with Gasteiger partial charge in [-0.2, -0.15) is 13.2 Å². The summed E-state index contributed by atoms with van der Waals surface area (Å²) in [5.74, 6) is 0. The Morgan fingerprint density at radius 1 is 1.44 bits per heavy atom. The highest BCUT2D eigenvalue weighted by Gasteiger charge is 2.26. The molecule has 1 N–H and O–H groups in total. The van der Waals surface area contributed by atoms with Crippen LogP contribution in [0, 0.1) is 0 Å². The van der Waals surface area contributed by atoms with Gasteiger partial charge < -0.3 is 5.32 Å². The fourth-order valence-electron chi connectivity index (χ4n) is 1.45. The Hall–Kier alpha value is -1.17. The average Bonchev–Trinajstić information content (AvgIpc) is 2.24. The Morgan fingerprint density at radius 2 is 2.19 bits per heavy atom. The Labute approximate surface area is 92.1 Å². The van der Waals surface area contributed by atoms with Crippen LogP contribution in [0.1, 0.15) is 31.0 Å². The molecule has 0 aromatic carbocycles. The van der Waals surface area contributed by atoms with Crippen molar-refractivity contribution in [1.82, 2.24) is 15.3 Å². The van der Waals surface area contributed by atoms with E-state index in [1.165, 1.54) is 6.33 Å². The molecule has 1 aromatic rings. The maximum Gasteiger partial charge on any atom is 0.389 e. The summed E-state index contributed by atoms with van der Waals surface area (Å²) in [5, 5.41) is 2.95. The molecule has 0 saturated carbocycles. The highest BCUT2D eigenvalue weighted by molar-refractivity contribution is 5.04. The third kappa shape index (κ3) is 4.57. The first-order valence-corrected chi connectivity index (χ1v) is 5.03. The molecule has 0 saturated heterocycles. The van der Waals surface area contributed by atoms with Crippen LogP contribution in [-0.4, -0.2) is 23.2 Å². The Bertz CT molecular complexity index is 300. The van der Waals surface area contributed by atoms with Gasteiger partial charge in [0.1, 0.15) is 6.33 Å². The minimum Gasteiger partial charge on any atom is -0.312 e. The fraction of sp³-hybridized carbons (Fsp3) is 0.600. The van der Waals surface area contributed by atoms with Crippen LogP contribution >= 0.6 is 0 Å². The first-order chi connectivity index (χ1) is 7.53. The number of alkyl halides is 3. The predicted molar refractivity (Wildman–Crippen MR) is 53.7 cm³/mol. The van der Waals surface area contributed by atoms with Crippen molar-refractivity contribution in [2.75, 3.05) is 7.05 Å². The topological polar surface area (TPSA) is 37.8 Å². The number of rotatable bonds is 5. The zero-order valence-electron chi connectivity index (χ0n) is 8.96. The normalized spacial score (nSPS) is 13.8. The molecule has 1 unspecified atom stereocenters. The number of aromatic nitrogens is 2. The van der Waals surface area contributed by atoms with Crippen LogP contribution < -0.4 is 5.32 Å². The molecule has 0 spiro atoms. The van der Waals surface area contributed by atoms with Crippen molar-refractivity contribution in [3.05, 3.63) is 24.3 Å². The molecule has 90 valence electrons. The fourth-order valence-corrected chi connectivity index (χ4v) is 1.45. The van der Waals surface area contributed by atoms with Gasteiger partial charge >= 0.3 is 6.18 Å². The zero-order chi connectivity index (χ0) is 12.0. The molecule has 1 atom stereocenters. The lowest BCUT2D eigenvalue weighted by atomic mass is 10.1. The van der Waals surface area contributed by atoms with Gasteiger partial charge in [0.25, 0.3) is 0 Å². The quantitative estimate of drug-likeness (QED) is 0.849. The number of halogens is 3. The minimum absolute atomic E-state index is 0.0962. The molecule has 3 nitrogen and oxygen atoms in total. The summed E-state index contributed by atoms with van der Waals surface area (Å²) < 4.78 is 35.9. The molecule has 6 heteroatoms. The van der Waals surface area contributed by atoms with Crippen LogP contribution in [-0.2, 0) is 0 Å². The second kappa shape index (κ2) is 5.79. The summed E-state index contributed by atoms with van der Waals surface area (Å²) in [5.41, 5.74) is 0.722. The van der Waals surface area contributed by atoms with E-state index >= 15 is 0 Å². The highest BCUT2D eigenvalue weighted by atomic mass is 19.4. The molecule has 0 aliphatic rings. The Morgan fingerprint density at radius 3 is 2.69 bits per heavy atom. The van der Waals surface area contributed by atoms with Crippen molar-refractivity contribution in [3.63, 3.8) is 0 Å². The molecule has 16 heavy (non-hydrogen) atoms. The lowest BCUT2D eigenvalue weighted by molar-refractivity contribution is -0.135. The maximum atomic E-state index is 12.0. The summed E-state index contributed by atoms with van der Waals surface area (Å²) >= 11 is 0. The van der Waals surface area contributed by atoms with E-state index in [-0.39, 0.29) is 12.5 Å². The van der Waals surface area contributed by atoms with E-state index in [1.54, 1.807) is 19.3 Å². The third-order valence-electron chi connectivity index (χ3n) is 2.26. The lowest BCUT2D eigenvalue weighted by Crippen LogP contribution is -2.18. The first kappa shape index (κ1) is 12.9. The number of hydrogen-bond donors (Lipinski definition) is 1. The number of nitrogens with one attached hydrogen (secondary N) is 1. The monoisotopic (exact) mass is 233 g/mol. The van der Waals surface area contributed by atoms with Gasteiger partial charge in [-0.15, -0.1) is 0 Å². The summed E-state index contributed by atoms with van der Waals surface area (Å²) in [6.45, 7) is 0. The molecule has 1 rings (SSSR count). The standard InChI is InChI=1S/C10H14F3N3/c1-14-8(3-2-5-10(11,12)13)9-4-6-15-7-16-9/h4,6-8,14H,2-3,5H2,1H3. The van der Waals surface area contributed by atoms with Crippen molar-refractivity contribution in [2.45, 2.75) is 31.5 Å². The number of hydrogen-bond acceptors (Lipinski definition) is 3. The molecule has 0 aliphatic heterocycles. The van der Waals surface area contributed by atoms with Gasteiger partial charge in [-0.3, -0.25) is 0 Å². The molecule has 0 aliphatic carbocycles. The Kier molecular flexibility index (Phi) is 4.67. The van der Waals surface area contributed by atoms with Crippen molar-refractivity contribution in [1.29, 1.82) is 0 Å². The van der Waals surface area contributed by atoms with Gasteiger partial charge in [0.05, 0.1) is 5.69 Å². The van der Waals surface area contributed by atoms with Gasteiger partial charge in [-0.1, -0.05) is 0 Å². The van der Waals surface area contributed by atoms with Crippen molar-refractivity contribution in [2.24, 2.45) is 0 Å². The summed E-state index contributed by atoms with van der Waals surface area (Å²) in [6.07, 6.45) is -1.36. The molecule has 1 aromatic heterocycles. The first-order valence-electron chi connectivity index (χ1n) is 5.03. The van der Waals surface area contributed by atoms with Gasteiger partial charge in [-0.25, -0.2) is 9.97 Å². The summed E-state index contributed by atoms with van der Waals surface area (Å²) in [6, 6.07) is 1.56. The second-order valence-electron chi connectivity index (χ2n) is 3.48. The smallest absolute Gasteiger partial charge is 0.312 e. The van der Waals surface area contributed by atoms with E-state index < -0.39 is 12.6 Å². The summed E-state index contributed by atoms with van der Waals surface area (Å²) in [7, 11) is 1.71. The van der Waals surface area contributed by atoms with E-state index in [2.05, 4.69) is 15.3 Å². The third-order valence-corrected chi connectivity index (χ3v) is 2.26. The molecule has 0 amide bonds. The molecule has 1 heterocycles. The van der Waals surface area contributed by atoms with Gasteiger partial charge in [0.2, 0.25) is 0 Å². The molecule has 0 bridgehead atoms. The maximum absolute atomic E-state index is 12.0. The van der Waals surface area contributed by atoms with E-state index in [0.29, 0.717) is 6.42 Å². The second-order valence-corrected chi connectivity index (χ2v) is 3.48. The summed E-state index contributed by atoms with van der Waals surface area (Å²) in [4.78, 5) is 7.77. The zero-order valence-corrected chi connectivity index (χ0v) is 8.96. The van der Waals surface area contributed by atoms with Crippen LogP contribution in [0.3, 0.4) is 0 Å². The van der Waals surface area contributed by atoms with Crippen LogP contribution in [0.25, 0.3) is 0 Å². The average molecular weight is 233 g/mol. The van der Waals surface area contributed by atoms with Gasteiger partial charge in [-0.05, 0) is 26.0 Å². The molecule has 0 radical (unpaired) electrons. The van der Waals surface area contributed by atoms with Crippen LogP contribution in [0.4, 0.5) is 13.2 Å². The SMILES string of the molecule is CNC(CCCC(F)(F)F)c1ccncn1. The van der Waals surface area contributed by atoms with Crippen LogP contribution in [0.15, 0.2) is 18.6 Å². The van der Waals surface area contributed by atoms with Gasteiger partial charge in [0.15, 0.2) is 0 Å². The minimum atomic E-state index is -4.08. The molecular weight excluding hydrogens is 219 g/mol. The molecule has 0 fully saturated rings.